The van der Waals surface area contributed by atoms with Crippen molar-refractivity contribution in [3.63, 3.8) is 0 Å². The van der Waals surface area contributed by atoms with Gasteiger partial charge < -0.3 is 5.32 Å². The quantitative estimate of drug-likeness (QED) is 0.580. The Balaban J connectivity index is 2.02. The molecule has 0 aliphatic rings. The minimum atomic E-state index is 0.934. The Morgan fingerprint density at radius 2 is 2.00 bits per heavy atom. The fourth-order valence-corrected chi connectivity index (χ4v) is 2.60. The normalized spacial score (nSPS) is 11.2. The van der Waals surface area contributed by atoms with Gasteiger partial charge in [-0.2, -0.15) is 5.10 Å². The third kappa shape index (κ3) is 1.51. The predicted molar refractivity (Wildman–Crippen MR) is 82.5 cm³/mol. The zero-order valence-electron chi connectivity index (χ0n) is 11.1. The van der Waals surface area contributed by atoms with Gasteiger partial charge in [-0.15, -0.1) is 0 Å². The number of rotatable bonds is 2. The van der Waals surface area contributed by atoms with Crippen molar-refractivity contribution in [1.82, 2.24) is 14.8 Å². The molecule has 0 radical (unpaired) electrons. The highest BCUT2D eigenvalue weighted by molar-refractivity contribution is 5.91. The van der Waals surface area contributed by atoms with E-state index in [1.807, 2.05) is 25.2 Å². The summed E-state index contributed by atoms with van der Waals surface area (Å²) in [6, 6.07) is 16.6. The maximum Gasteiger partial charge on any atom is 0.166 e. The van der Waals surface area contributed by atoms with Gasteiger partial charge in [0, 0.05) is 29.7 Å². The molecular weight excluding hydrogens is 248 g/mol. The second kappa shape index (κ2) is 4.13. The summed E-state index contributed by atoms with van der Waals surface area (Å²) in [5, 5.41) is 13.1. The number of H-pyrrole nitrogens is 1. The Bertz CT molecular complexity index is 901. The zero-order chi connectivity index (χ0) is 13.5. The second-order valence-corrected chi connectivity index (χ2v) is 4.80. The summed E-state index contributed by atoms with van der Waals surface area (Å²) in [5.74, 6) is 0.934. The third-order valence-electron chi connectivity index (χ3n) is 3.66. The first-order valence-electron chi connectivity index (χ1n) is 6.59. The van der Waals surface area contributed by atoms with Gasteiger partial charge in [-0.3, -0.25) is 9.67 Å². The third-order valence-corrected chi connectivity index (χ3v) is 3.66. The van der Waals surface area contributed by atoms with Gasteiger partial charge >= 0.3 is 0 Å². The highest BCUT2D eigenvalue weighted by atomic mass is 15.2. The molecular formula is C16H14N4. The largest absolute Gasteiger partial charge is 0.388 e. The van der Waals surface area contributed by atoms with Crippen molar-refractivity contribution in [1.29, 1.82) is 0 Å². The average molecular weight is 262 g/mol. The lowest BCUT2D eigenvalue weighted by Crippen LogP contribution is -1.94. The van der Waals surface area contributed by atoms with Crippen molar-refractivity contribution in [2.24, 2.45) is 0 Å². The molecule has 2 aromatic heterocycles. The Morgan fingerprint density at radius 3 is 2.90 bits per heavy atom. The molecule has 0 aliphatic carbocycles. The highest BCUT2D eigenvalue weighted by Gasteiger charge is 2.10. The van der Waals surface area contributed by atoms with Crippen LogP contribution in [0.5, 0.6) is 0 Å². The van der Waals surface area contributed by atoms with Gasteiger partial charge in [0.25, 0.3) is 0 Å². The summed E-state index contributed by atoms with van der Waals surface area (Å²) in [7, 11) is 1.93. The van der Waals surface area contributed by atoms with Crippen LogP contribution in [0.4, 0.5) is 5.69 Å². The Labute approximate surface area is 116 Å². The molecule has 2 N–H and O–H groups in total. The lowest BCUT2D eigenvalue weighted by Gasteiger charge is -2.04. The SMILES string of the molecule is CNc1ccc2ccn(-c3n[nH]c4ccccc34)c2c1. The van der Waals surface area contributed by atoms with Crippen LogP contribution in [0.1, 0.15) is 0 Å². The minimum absolute atomic E-state index is 0.934. The van der Waals surface area contributed by atoms with Crippen molar-refractivity contribution in [2.45, 2.75) is 0 Å². The van der Waals surface area contributed by atoms with E-state index in [4.69, 9.17) is 0 Å². The number of anilines is 1. The van der Waals surface area contributed by atoms with Crippen LogP contribution < -0.4 is 5.32 Å². The van der Waals surface area contributed by atoms with E-state index < -0.39 is 0 Å². The maximum absolute atomic E-state index is 4.46. The van der Waals surface area contributed by atoms with E-state index >= 15 is 0 Å². The molecule has 0 saturated carbocycles. The van der Waals surface area contributed by atoms with E-state index in [-0.39, 0.29) is 0 Å². The fraction of sp³-hybridized carbons (Fsp3) is 0.0625. The molecule has 20 heavy (non-hydrogen) atoms. The van der Waals surface area contributed by atoms with E-state index in [1.165, 1.54) is 5.39 Å². The van der Waals surface area contributed by atoms with Crippen LogP contribution in [-0.2, 0) is 0 Å². The first-order valence-corrected chi connectivity index (χ1v) is 6.59. The molecule has 0 spiro atoms. The van der Waals surface area contributed by atoms with Gasteiger partial charge in [0.15, 0.2) is 5.82 Å². The summed E-state index contributed by atoms with van der Waals surface area (Å²) in [6.07, 6.45) is 2.06. The molecule has 2 heterocycles. The Hall–Kier alpha value is -2.75. The number of hydrogen-bond donors (Lipinski definition) is 2. The van der Waals surface area contributed by atoms with E-state index in [9.17, 15) is 0 Å². The number of aromatic amines is 1. The molecule has 0 fully saturated rings. The molecule has 0 bridgehead atoms. The van der Waals surface area contributed by atoms with Gasteiger partial charge in [0.2, 0.25) is 0 Å². The van der Waals surface area contributed by atoms with Gasteiger partial charge in [0.05, 0.1) is 11.0 Å². The molecule has 0 unspecified atom stereocenters. The fourth-order valence-electron chi connectivity index (χ4n) is 2.60. The molecule has 0 atom stereocenters. The smallest absolute Gasteiger partial charge is 0.166 e. The molecule has 4 heteroatoms. The van der Waals surface area contributed by atoms with Crippen molar-refractivity contribution >= 4 is 27.5 Å². The van der Waals surface area contributed by atoms with Crippen molar-refractivity contribution in [3.05, 3.63) is 54.7 Å². The second-order valence-electron chi connectivity index (χ2n) is 4.80. The number of para-hydroxylation sites is 1. The molecule has 0 saturated heterocycles. The van der Waals surface area contributed by atoms with Gasteiger partial charge in [0.1, 0.15) is 0 Å². The van der Waals surface area contributed by atoms with Gasteiger partial charge in [-0.05, 0) is 30.3 Å². The molecule has 4 nitrogen and oxygen atoms in total. The van der Waals surface area contributed by atoms with E-state index in [2.05, 4.69) is 56.6 Å². The van der Waals surface area contributed by atoms with E-state index in [1.54, 1.807) is 0 Å². The lowest BCUT2D eigenvalue weighted by atomic mass is 10.2. The number of benzene rings is 2. The van der Waals surface area contributed by atoms with Crippen LogP contribution in [0.15, 0.2) is 54.7 Å². The monoisotopic (exact) mass is 262 g/mol. The van der Waals surface area contributed by atoms with Crippen LogP contribution >= 0.6 is 0 Å². The summed E-state index contributed by atoms with van der Waals surface area (Å²) in [4.78, 5) is 0. The van der Waals surface area contributed by atoms with Crippen LogP contribution in [0, 0.1) is 0 Å². The average Bonchev–Trinajstić information content (AvgIpc) is 3.09. The molecule has 0 aliphatic heterocycles. The van der Waals surface area contributed by atoms with Crippen LogP contribution in [0.3, 0.4) is 0 Å². The summed E-state index contributed by atoms with van der Waals surface area (Å²) in [5.41, 5.74) is 3.29. The van der Waals surface area contributed by atoms with Crippen LogP contribution in [0.25, 0.3) is 27.6 Å². The van der Waals surface area contributed by atoms with Gasteiger partial charge in [-0.25, -0.2) is 0 Å². The molecule has 0 amide bonds. The van der Waals surface area contributed by atoms with Crippen molar-refractivity contribution < 1.29 is 0 Å². The predicted octanol–water partition coefficient (Wildman–Crippen LogP) is 3.55. The van der Waals surface area contributed by atoms with Crippen molar-refractivity contribution in [3.8, 4) is 5.82 Å². The minimum Gasteiger partial charge on any atom is -0.388 e. The van der Waals surface area contributed by atoms with Crippen LogP contribution in [-0.4, -0.2) is 21.8 Å². The van der Waals surface area contributed by atoms with Crippen LogP contribution in [0.2, 0.25) is 0 Å². The maximum atomic E-state index is 4.46. The first-order chi connectivity index (χ1) is 9.86. The molecule has 2 aromatic carbocycles. The number of fused-ring (bicyclic) bond motifs is 2. The number of aromatic nitrogens is 3. The van der Waals surface area contributed by atoms with E-state index in [0.717, 1.165) is 27.9 Å². The topological polar surface area (TPSA) is 45.6 Å². The molecule has 98 valence electrons. The number of hydrogen-bond acceptors (Lipinski definition) is 2. The Morgan fingerprint density at radius 1 is 1.10 bits per heavy atom. The van der Waals surface area contributed by atoms with Gasteiger partial charge in [-0.1, -0.05) is 18.2 Å². The summed E-state index contributed by atoms with van der Waals surface area (Å²) >= 11 is 0. The molecule has 4 rings (SSSR count). The molecule has 4 aromatic rings. The lowest BCUT2D eigenvalue weighted by molar-refractivity contribution is 1.00. The Kier molecular flexibility index (Phi) is 2.29. The summed E-state index contributed by atoms with van der Waals surface area (Å²) < 4.78 is 2.12. The number of nitrogens with zero attached hydrogens (tertiary/aromatic N) is 2. The standard InChI is InChI=1S/C16H14N4/c1-17-12-7-6-11-8-9-20(15(11)10-12)16-13-4-2-3-5-14(13)18-19-16/h2-10,17H,1H3,(H,18,19). The summed E-state index contributed by atoms with van der Waals surface area (Å²) in [6.45, 7) is 0. The number of nitrogens with one attached hydrogen (secondary N) is 2. The van der Waals surface area contributed by atoms with Crippen molar-refractivity contribution in [2.75, 3.05) is 12.4 Å². The zero-order valence-corrected chi connectivity index (χ0v) is 11.1. The first kappa shape index (κ1) is 11.1. The van der Waals surface area contributed by atoms with E-state index in [0.29, 0.717) is 0 Å². The highest BCUT2D eigenvalue weighted by Crippen LogP contribution is 2.26.